The van der Waals surface area contributed by atoms with E-state index in [1.54, 1.807) is 0 Å². The van der Waals surface area contributed by atoms with Crippen LogP contribution in [0.3, 0.4) is 0 Å². The van der Waals surface area contributed by atoms with Gasteiger partial charge in [-0.25, -0.2) is 0 Å². The van der Waals surface area contributed by atoms with E-state index < -0.39 is 0 Å². The molecule has 2 nitrogen and oxygen atoms in total. The zero-order valence-electron chi connectivity index (χ0n) is 11.7. The molecule has 1 aromatic carbocycles. The Bertz CT molecular complexity index is 345. The minimum atomic E-state index is 0.246. The molecule has 0 spiro atoms. The van der Waals surface area contributed by atoms with Crippen molar-refractivity contribution >= 4 is 0 Å². The molecule has 1 aromatic rings. The summed E-state index contributed by atoms with van der Waals surface area (Å²) in [6, 6.07) is 8.61. The molecule has 0 unspecified atom stereocenters. The third-order valence-electron chi connectivity index (χ3n) is 3.84. The Kier molecular flexibility index (Phi) is 5.16. The molecule has 0 aliphatic carbocycles. The summed E-state index contributed by atoms with van der Waals surface area (Å²) in [7, 11) is 2.20. The Labute approximate surface area is 106 Å². The Hall–Kier alpha value is -0.860. The molecule has 96 valence electrons. The van der Waals surface area contributed by atoms with Crippen molar-refractivity contribution in [3.63, 3.8) is 0 Å². The number of nitrogens with two attached hydrogens (primary N) is 1. The second-order valence-corrected chi connectivity index (χ2v) is 5.33. The Morgan fingerprint density at radius 1 is 1.18 bits per heavy atom. The summed E-state index contributed by atoms with van der Waals surface area (Å²) in [6.45, 7) is 8.54. The summed E-state index contributed by atoms with van der Waals surface area (Å²) < 4.78 is 0. The molecule has 2 N–H and O–H groups in total. The third kappa shape index (κ3) is 3.83. The second-order valence-electron chi connectivity index (χ2n) is 5.33. The van der Waals surface area contributed by atoms with Gasteiger partial charge >= 0.3 is 0 Å². The molecule has 0 atom stereocenters. The minimum absolute atomic E-state index is 0.246. The highest BCUT2D eigenvalue weighted by Crippen LogP contribution is 2.20. The van der Waals surface area contributed by atoms with Crippen LogP contribution in [0, 0.1) is 0 Å². The normalized spacial score (nSPS) is 12.1. The molecule has 0 amide bonds. The standard InChI is InChI=1S/C15H26N2/c1-5-15(2,3)17(4)12-14-9-7-6-8-13(14)10-11-16/h6-9H,5,10-12,16H2,1-4H3. The van der Waals surface area contributed by atoms with Crippen LogP contribution < -0.4 is 5.73 Å². The van der Waals surface area contributed by atoms with Gasteiger partial charge in [0.25, 0.3) is 0 Å². The summed E-state index contributed by atoms with van der Waals surface area (Å²) in [5, 5.41) is 0. The number of rotatable bonds is 6. The fourth-order valence-electron chi connectivity index (χ4n) is 1.85. The molecule has 0 aromatic heterocycles. The van der Waals surface area contributed by atoms with Crippen LogP contribution in [0.4, 0.5) is 0 Å². The van der Waals surface area contributed by atoms with Crippen molar-refractivity contribution in [3.05, 3.63) is 35.4 Å². The van der Waals surface area contributed by atoms with E-state index in [1.165, 1.54) is 11.1 Å². The van der Waals surface area contributed by atoms with Crippen LogP contribution in [0.5, 0.6) is 0 Å². The summed E-state index contributed by atoms with van der Waals surface area (Å²) >= 11 is 0. The topological polar surface area (TPSA) is 29.3 Å². The summed E-state index contributed by atoms with van der Waals surface area (Å²) in [6.07, 6.45) is 2.12. The highest BCUT2D eigenvalue weighted by molar-refractivity contribution is 5.27. The summed E-state index contributed by atoms with van der Waals surface area (Å²) in [5.41, 5.74) is 8.69. The first-order valence-electron chi connectivity index (χ1n) is 6.49. The van der Waals surface area contributed by atoms with Gasteiger partial charge in [-0.05, 0) is 51.4 Å². The Balaban J connectivity index is 2.80. The maximum atomic E-state index is 5.66. The molecule has 2 heteroatoms. The number of nitrogens with zero attached hydrogens (tertiary/aromatic N) is 1. The van der Waals surface area contributed by atoms with Gasteiger partial charge in [-0.3, -0.25) is 4.90 Å². The average Bonchev–Trinajstić information content (AvgIpc) is 2.32. The van der Waals surface area contributed by atoms with Crippen LogP contribution in [0.15, 0.2) is 24.3 Å². The van der Waals surface area contributed by atoms with Crippen molar-refractivity contribution in [2.75, 3.05) is 13.6 Å². The van der Waals surface area contributed by atoms with Gasteiger partial charge in [-0.15, -0.1) is 0 Å². The van der Waals surface area contributed by atoms with Gasteiger partial charge in [0.1, 0.15) is 0 Å². The number of benzene rings is 1. The molecule has 0 saturated carbocycles. The Morgan fingerprint density at radius 3 is 2.29 bits per heavy atom. The predicted molar refractivity (Wildman–Crippen MR) is 75.0 cm³/mol. The van der Waals surface area contributed by atoms with E-state index >= 15 is 0 Å². The van der Waals surface area contributed by atoms with E-state index in [-0.39, 0.29) is 5.54 Å². The largest absolute Gasteiger partial charge is 0.330 e. The smallest absolute Gasteiger partial charge is 0.0238 e. The van der Waals surface area contributed by atoms with Crippen molar-refractivity contribution in [1.29, 1.82) is 0 Å². The Morgan fingerprint density at radius 2 is 1.76 bits per heavy atom. The molecule has 17 heavy (non-hydrogen) atoms. The van der Waals surface area contributed by atoms with Gasteiger partial charge in [0.2, 0.25) is 0 Å². The molecule has 0 radical (unpaired) electrons. The maximum absolute atomic E-state index is 5.66. The van der Waals surface area contributed by atoms with Gasteiger partial charge in [0.15, 0.2) is 0 Å². The van der Waals surface area contributed by atoms with Gasteiger partial charge in [-0.1, -0.05) is 31.2 Å². The lowest BCUT2D eigenvalue weighted by Crippen LogP contribution is -2.40. The average molecular weight is 234 g/mol. The first kappa shape index (κ1) is 14.2. The number of hydrogen-bond acceptors (Lipinski definition) is 2. The van der Waals surface area contributed by atoms with Gasteiger partial charge in [-0.2, -0.15) is 0 Å². The van der Waals surface area contributed by atoms with Crippen LogP contribution in [0.2, 0.25) is 0 Å². The molecule has 0 heterocycles. The van der Waals surface area contributed by atoms with Crippen molar-refractivity contribution < 1.29 is 0 Å². The minimum Gasteiger partial charge on any atom is -0.330 e. The molecular formula is C15H26N2. The molecule has 0 aliphatic rings. The van der Waals surface area contributed by atoms with Crippen molar-refractivity contribution in [2.45, 2.75) is 45.7 Å². The summed E-state index contributed by atoms with van der Waals surface area (Å²) in [4.78, 5) is 2.42. The fourth-order valence-corrected chi connectivity index (χ4v) is 1.85. The highest BCUT2D eigenvalue weighted by Gasteiger charge is 2.21. The first-order valence-corrected chi connectivity index (χ1v) is 6.49. The zero-order chi connectivity index (χ0) is 12.9. The van der Waals surface area contributed by atoms with E-state index in [9.17, 15) is 0 Å². The molecular weight excluding hydrogens is 208 g/mol. The third-order valence-corrected chi connectivity index (χ3v) is 3.84. The lowest BCUT2D eigenvalue weighted by molar-refractivity contribution is 0.142. The van der Waals surface area contributed by atoms with E-state index in [0.29, 0.717) is 0 Å². The van der Waals surface area contributed by atoms with Crippen molar-refractivity contribution in [2.24, 2.45) is 5.73 Å². The fraction of sp³-hybridized carbons (Fsp3) is 0.600. The monoisotopic (exact) mass is 234 g/mol. The first-order chi connectivity index (χ1) is 8.01. The van der Waals surface area contributed by atoms with Crippen molar-refractivity contribution in [1.82, 2.24) is 4.90 Å². The number of hydrogen-bond donors (Lipinski definition) is 1. The quantitative estimate of drug-likeness (QED) is 0.820. The van der Waals surface area contributed by atoms with Crippen LogP contribution in [0.25, 0.3) is 0 Å². The molecule has 0 saturated heterocycles. The lowest BCUT2D eigenvalue weighted by atomic mass is 9.97. The highest BCUT2D eigenvalue weighted by atomic mass is 15.2. The molecule has 1 rings (SSSR count). The predicted octanol–water partition coefficient (Wildman–Crippen LogP) is 2.81. The van der Waals surface area contributed by atoms with E-state index in [1.807, 2.05) is 0 Å². The van der Waals surface area contributed by atoms with Crippen LogP contribution in [-0.4, -0.2) is 24.0 Å². The van der Waals surface area contributed by atoms with E-state index in [0.717, 1.165) is 25.9 Å². The maximum Gasteiger partial charge on any atom is 0.0238 e. The van der Waals surface area contributed by atoms with Crippen molar-refractivity contribution in [3.8, 4) is 0 Å². The van der Waals surface area contributed by atoms with E-state index in [2.05, 4.69) is 57.0 Å². The SMILES string of the molecule is CCC(C)(C)N(C)Cc1ccccc1CCN. The van der Waals surface area contributed by atoms with Gasteiger partial charge in [0.05, 0.1) is 0 Å². The molecule has 0 bridgehead atoms. The zero-order valence-corrected chi connectivity index (χ0v) is 11.7. The van der Waals surface area contributed by atoms with Crippen LogP contribution in [-0.2, 0) is 13.0 Å². The summed E-state index contributed by atoms with van der Waals surface area (Å²) in [5.74, 6) is 0. The van der Waals surface area contributed by atoms with Crippen LogP contribution in [0.1, 0.15) is 38.3 Å². The lowest BCUT2D eigenvalue weighted by Gasteiger charge is -2.35. The van der Waals surface area contributed by atoms with Gasteiger partial charge < -0.3 is 5.73 Å². The van der Waals surface area contributed by atoms with E-state index in [4.69, 9.17) is 5.73 Å². The molecule has 0 aliphatic heterocycles. The molecule has 0 fully saturated rings. The second kappa shape index (κ2) is 6.18. The van der Waals surface area contributed by atoms with Gasteiger partial charge in [0, 0.05) is 12.1 Å². The van der Waals surface area contributed by atoms with Crippen LogP contribution >= 0.6 is 0 Å².